The molecule has 5 saturated heterocycles. The number of hydrogen-bond donors (Lipinski definition) is 3. The lowest BCUT2D eigenvalue weighted by atomic mass is 9.87. The summed E-state index contributed by atoms with van der Waals surface area (Å²) in [6, 6.07) is 74.5. The fraction of sp³-hybridized carbons (Fsp3) is 0.422. The van der Waals surface area contributed by atoms with Gasteiger partial charge in [0.05, 0.1) is 98.5 Å². The number of ether oxygens (including phenoxy) is 14. The number of aliphatic hydroxyl groups excluding tert-OH is 3. The standard InChI is InChI=1S/C23H28O4.C22H24O6.C22H26O5.C21H24O6.2CH4.BH4/c1-4-20-16(2)21(25-15-18-11-7-5-8-12-18)22(17(3)26-20)27-23(24)19-13-9-6-10-14-19;1-15-19(28-22(23)17-10-6-3-7-11-17)21(20-18(27-15)13-24-14-26-20)25-12-16-8-4-2-5-9-16;1-3-18-19(23)21(25-14-16-10-6-4-7-11-16)20(15(2)26-18)27-22(24)17-12-8-5-9-13-17;1-14-19(27-21(24)16-10-6-3-7-11-16)20(18(23)17(12-22)26-14)25-13-15-8-4-2-5-9-15;;;/h5-14,16-17,20-22H,4,15H2,1-3H3;2-11,15,18-21H,12-14H2,1H3;4-13,15,18-21,23H,3,14H2,1-2H3;2-11,14,17-20,22-23H,12-13H2,1H3;3*1H4/q;;;;;;-1/t16-,17-,20?,21-,22?;15-,18?,19?,20-,21+;15-,18?,19-,20?,21-;14-,17?,18-,19?,20-;;;/m1111.../s1. The molecule has 3 N–H and O–H groups in total. The Hall–Kier alpha value is -8.82. The molecule has 5 aliphatic rings. The highest BCUT2D eigenvalue weighted by Gasteiger charge is 2.51. The van der Waals surface area contributed by atoms with E-state index in [-0.39, 0.29) is 104 Å². The van der Waals surface area contributed by atoms with Gasteiger partial charge in [0.15, 0.2) is 24.4 Å². The molecule has 21 nitrogen and oxygen atoms in total. The molecule has 0 spiro atoms. The van der Waals surface area contributed by atoms with Crippen LogP contribution < -0.4 is 0 Å². The van der Waals surface area contributed by atoms with Gasteiger partial charge in [0.2, 0.25) is 0 Å². The molecular formula is C90H114BO21-. The van der Waals surface area contributed by atoms with Crippen molar-refractivity contribution < 1.29 is 101 Å². The summed E-state index contributed by atoms with van der Waals surface area (Å²) in [5.74, 6) is -1.58. The van der Waals surface area contributed by atoms with Gasteiger partial charge in [0, 0.05) is 5.92 Å². The molecule has 5 heterocycles. The smallest absolute Gasteiger partial charge is 0.338 e. The van der Waals surface area contributed by atoms with Crippen molar-refractivity contribution >= 4 is 32.3 Å². The number of aliphatic hydroxyl groups is 3. The second-order valence-electron chi connectivity index (χ2n) is 27.5. The Morgan fingerprint density at radius 1 is 0.357 bits per heavy atom. The van der Waals surface area contributed by atoms with Crippen molar-refractivity contribution in [2.45, 2.75) is 219 Å². The fourth-order valence-corrected chi connectivity index (χ4v) is 13.8. The van der Waals surface area contributed by atoms with Gasteiger partial charge in [-0.2, -0.15) is 0 Å². The topological polar surface area (TPSA) is 258 Å². The Labute approximate surface area is 661 Å². The summed E-state index contributed by atoms with van der Waals surface area (Å²) in [5.41, 5.74) is 5.96. The fourth-order valence-electron chi connectivity index (χ4n) is 13.8. The van der Waals surface area contributed by atoms with Crippen LogP contribution >= 0.6 is 0 Å². The first-order valence-corrected chi connectivity index (χ1v) is 37.5. The first-order valence-electron chi connectivity index (χ1n) is 37.5. The lowest BCUT2D eigenvalue weighted by Crippen LogP contribution is -2.62. The van der Waals surface area contributed by atoms with Gasteiger partial charge in [-0.3, -0.25) is 0 Å². The number of carbonyl (C=O) groups is 4. The molecule has 0 radical (unpaired) electrons. The predicted octanol–water partition coefficient (Wildman–Crippen LogP) is 12.7. The first-order chi connectivity index (χ1) is 53.0. The van der Waals surface area contributed by atoms with Crippen molar-refractivity contribution in [1.82, 2.24) is 0 Å². The van der Waals surface area contributed by atoms with Crippen LogP contribution in [0.3, 0.4) is 0 Å². The van der Waals surface area contributed by atoms with Crippen molar-refractivity contribution in [3.63, 3.8) is 0 Å². The van der Waals surface area contributed by atoms with Gasteiger partial charge in [-0.05, 0) is 111 Å². The van der Waals surface area contributed by atoms with Crippen LogP contribution in [0, 0.1) is 5.92 Å². The molecule has 0 bridgehead atoms. The number of benzene rings is 8. The second kappa shape index (κ2) is 46.4. The Balaban J connectivity index is 0.000000205. The van der Waals surface area contributed by atoms with Gasteiger partial charge in [-0.1, -0.05) is 238 Å². The van der Waals surface area contributed by atoms with Crippen LogP contribution in [0.15, 0.2) is 243 Å². The van der Waals surface area contributed by atoms with Gasteiger partial charge in [-0.15, -0.1) is 0 Å². The van der Waals surface area contributed by atoms with E-state index in [9.17, 15) is 34.5 Å². The van der Waals surface area contributed by atoms with Crippen LogP contribution in [0.4, 0.5) is 0 Å². The van der Waals surface area contributed by atoms with Crippen molar-refractivity contribution in [3.8, 4) is 0 Å². The van der Waals surface area contributed by atoms with Crippen LogP contribution in [0.5, 0.6) is 0 Å². The molecular weight excluding hydrogens is 1430 g/mol. The lowest BCUT2D eigenvalue weighted by Gasteiger charge is -2.46. The van der Waals surface area contributed by atoms with Crippen LogP contribution in [0.1, 0.15) is 140 Å². The van der Waals surface area contributed by atoms with Crippen molar-refractivity contribution in [2.75, 3.05) is 20.0 Å². The zero-order valence-corrected chi connectivity index (χ0v) is 62.7. The third kappa shape index (κ3) is 25.3. The summed E-state index contributed by atoms with van der Waals surface area (Å²) in [7, 11) is 0. The number of fused-ring (bicyclic) bond motifs is 1. The minimum atomic E-state index is -1.12. The maximum atomic E-state index is 12.6. The van der Waals surface area contributed by atoms with Gasteiger partial charge >= 0.3 is 23.9 Å². The molecule has 8 unspecified atom stereocenters. The Bertz CT molecular complexity index is 3650. The molecule has 22 heteroatoms. The maximum Gasteiger partial charge on any atom is 0.338 e. The molecule has 0 saturated carbocycles. The number of hydrogen-bond acceptors (Lipinski definition) is 21. The highest BCUT2D eigenvalue weighted by Crippen LogP contribution is 2.36. The van der Waals surface area contributed by atoms with Crippen molar-refractivity contribution in [1.29, 1.82) is 0 Å². The summed E-state index contributed by atoms with van der Waals surface area (Å²) in [6.07, 6.45) is -8.30. The third-order valence-electron chi connectivity index (χ3n) is 19.7. The molecule has 112 heavy (non-hydrogen) atoms. The predicted molar refractivity (Wildman–Crippen MR) is 429 cm³/mol. The molecule has 8 aromatic carbocycles. The normalized spacial score (nSPS) is 27.6. The maximum absolute atomic E-state index is 12.6. The first kappa shape index (κ1) is 90.4. The quantitative estimate of drug-likeness (QED) is 0.0305. The van der Waals surface area contributed by atoms with Crippen molar-refractivity contribution in [2.24, 2.45) is 5.92 Å². The molecule has 0 amide bonds. The average Bonchev–Trinajstić information content (AvgIpc) is 0.756. The summed E-state index contributed by atoms with van der Waals surface area (Å²) in [4.78, 5) is 50.2. The highest BCUT2D eigenvalue weighted by molar-refractivity contribution is 5.91. The number of esters is 4. The number of carbonyl (C=O) groups excluding carboxylic acids is 4. The van der Waals surface area contributed by atoms with Crippen molar-refractivity contribution in [3.05, 3.63) is 287 Å². The summed E-state index contributed by atoms with van der Waals surface area (Å²) in [6.45, 7) is 15.3. The van der Waals surface area contributed by atoms with Gasteiger partial charge in [0.1, 0.15) is 61.7 Å². The molecule has 20 atom stereocenters. The van der Waals surface area contributed by atoms with Crippen LogP contribution in [0.2, 0.25) is 0 Å². The molecule has 0 aromatic heterocycles. The summed E-state index contributed by atoms with van der Waals surface area (Å²) >= 11 is 0. The lowest BCUT2D eigenvalue weighted by molar-refractivity contribution is -0.299. The van der Waals surface area contributed by atoms with E-state index in [0.29, 0.717) is 55.1 Å². The summed E-state index contributed by atoms with van der Waals surface area (Å²) < 4.78 is 82.3. The zero-order chi connectivity index (χ0) is 77.0. The van der Waals surface area contributed by atoms with Crippen LogP contribution in [-0.4, -0.2) is 184 Å². The van der Waals surface area contributed by atoms with Gasteiger partial charge in [0.25, 0.3) is 0 Å². The third-order valence-corrected chi connectivity index (χ3v) is 19.7. The molecule has 604 valence electrons. The van der Waals surface area contributed by atoms with E-state index in [1.165, 1.54) is 0 Å². The van der Waals surface area contributed by atoms with E-state index in [2.05, 4.69) is 13.8 Å². The summed E-state index contributed by atoms with van der Waals surface area (Å²) in [5, 5.41) is 30.8. The number of rotatable bonds is 23. The minimum absolute atomic E-state index is 0. The minimum Gasteiger partial charge on any atom is -0.453 e. The Morgan fingerprint density at radius 3 is 0.955 bits per heavy atom. The zero-order valence-electron chi connectivity index (χ0n) is 62.7. The molecule has 5 aliphatic heterocycles. The van der Waals surface area contributed by atoms with E-state index in [1.54, 1.807) is 91.9 Å². The monoisotopic (exact) mass is 1540 g/mol. The van der Waals surface area contributed by atoms with Crippen LogP contribution in [-0.2, 0) is 92.7 Å². The molecule has 13 rings (SSSR count). The van der Waals surface area contributed by atoms with E-state index in [0.717, 1.165) is 28.7 Å². The highest BCUT2D eigenvalue weighted by atomic mass is 16.7. The molecule has 8 aromatic rings. The van der Waals surface area contributed by atoms with E-state index >= 15 is 0 Å². The van der Waals surface area contributed by atoms with E-state index in [1.807, 2.05) is 185 Å². The van der Waals surface area contributed by atoms with Crippen LogP contribution in [0.25, 0.3) is 0 Å². The van der Waals surface area contributed by atoms with E-state index in [4.69, 9.17) is 66.3 Å². The Kier molecular flexibility index (Phi) is 37.4. The van der Waals surface area contributed by atoms with Gasteiger partial charge < -0.3 is 81.6 Å². The second-order valence-corrected chi connectivity index (χ2v) is 27.5. The molecule has 0 aliphatic carbocycles. The SMILES string of the molecule is C.C.CCC1O[C@H](C)C(OC(=O)c2ccccc2)[C@H](OCc2ccccc2)[C@@H]1C.CCC1O[C@H](C)C(OC(=O)c2ccccc2)[C@H](OCc2ccccc2)[C@@H]1O.C[C@H]1OC(CO)[C@@H](O)[C@@H](OCc2ccccc2)C1OC(=O)c1ccccc1.C[C@H]1OC2COCO[C@H]2[C@@H](OCc2ccccc2)C1OC(=O)c1ccccc1.[BH4-]. The van der Waals surface area contributed by atoms with E-state index < -0.39 is 85.1 Å². The Morgan fingerprint density at radius 2 is 0.625 bits per heavy atom. The largest absolute Gasteiger partial charge is 0.453 e. The molecule has 5 fully saturated rings. The average molecular weight is 1540 g/mol. The van der Waals surface area contributed by atoms with Gasteiger partial charge in [-0.25, -0.2) is 19.2 Å².